The molecular formula is C10H13NO3S. The summed E-state index contributed by atoms with van der Waals surface area (Å²) in [5, 5.41) is 11.1. The van der Waals surface area contributed by atoms with E-state index in [2.05, 4.69) is 0 Å². The number of hydrogen-bond donors (Lipinski definition) is 1. The molecule has 0 radical (unpaired) electrons. The van der Waals surface area contributed by atoms with Gasteiger partial charge in [0.1, 0.15) is 5.00 Å². The first-order valence-corrected chi connectivity index (χ1v) is 5.43. The Hall–Kier alpha value is -1.36. The molecule has 0 aliphatic heterocycles. The molecule has 1 amide bonds. The van der Waals surface area contributed by atoms with Gasteiger partial charge in [0.2, 0.25) is 5.91 Å². The van der Waals surface area contributed by atoms with E-state index in [1.54, 1.807) is 5.38 Å². The van der Waals surface area contributed by atoms with Crippen molar-refractivity contribution in [3.63, 3.8) is 0 Å². The summed E-state index contributed by atoms with van der Waals surface area (Å²) >= 11 is 1.27. The molecule has 0 aliphatic rings. The fourth-order valence-corrected chi connectivity index (χ4v) is 2.46. The molecule has 0 aliphatic carbocycles. The Labute approximate surface area is 92.1 Å². The van der Waals surface area contributed by atoms with Gasteiger partial charge in [-0.1, -0.05) is 0 Å². The van der Waals surface area contributed by atoms with Crippen LogP contribution in [0.15, 0.2) is 11.4 Å². The van der Waals surface area contributed by atoms with Crippen LogP contribution in [0.5, 0.6) is 0 Å². The molecule has 15 heavy (non-hydrogen) atoms. The highest BCUT2D eigenvalue weighted by molar-refractivity contribution is 7.14. The molecule has 0 spiro atoms. The fraction of sp³-hybridized carbons (Fsp3) is 0.400. The summed E-state index contributed by atoms with van der Waals surface area (Å²) in [5.41, 5.74) is 0.184. The molecule has 1 heterocycles. The predicted molar refractivity (Wildman–Crippen MR) is 59.6 cm³/mol. The second kappa shape index (κ2) is 4.44. The third-order valence-corrected chi connectivity index (χ3v) is 2.86. The van der Waals surface area contributed by atoms with Crippen LogP contribution in [0.4, 0.5) is 5.00 Å². The van der Waals surface area contributed by atoms with E-state index in [1.165, 1.54) is 29.2 Å². The van der Waals surface area contributed by atoms with Crippen LogP contribution in [0.1, 0.15) is 31.1 Å². The maximum Gasteiger partial charge on any atom is 0.338 e. The Morgan fingerprint density at radius 3 is 2.47 bits per heavy atom. The Morgan fingerprint density at radius 1 is 1.47 bits per heavy atom. The normalized spacial score (nSPS) is 10.4. The number of aromatic carboxylic acids is 1. The van der Waals surface area contributed by atoms with Gasteiger partial charge in [-0.05, 0) is 25.3 Å². The quantitative estimate of drug-likeness (QED) is 0.861. The SMILES string of the molecule is CC(=O)N(c1sccc1C(=O)O)C(C)C. The molecule has 0 saturated carbocycles. The first kappa shape index (κ1) is 11.7. The van der Waals surface area contributed by atoms with E-state index in [0.717, 1.165) is 0 Å². The number of amides is 1. The molecule has 1 N–H and O–H groups in total. The average molecular weight is 227 g/mol. The second-order valence-corrected chi connectivity index (χ2v) is 4.32. The maximum atomic E-state index is 11.4. The van der Waals surface area contributed by atoms with Crippen LogP contribution in [0, 0.1) is 0 Å². The maximum absolute atomic E-state index is 11.4. The van der Waals surface area contributed by atoms with Gasteiger partial charge >= 0.3 is 5.97 Å². The Balaban J connectivity index is 3.17. The number of anilines is 1. The van der Waals surface area contributed by atoms with Gasteiger partial charge in [0.05, 0.1) is 5.56 Å². The number of hydrogen-bond acceptors (Lipinski definition) is 3. The van der Waals surface area contributed by atoms with Crippen molar-refractivity contribution in [2.45, 2.75) is 26.8 Å². The van der Waals surface area contributed by atoms with Gasteiger partial charge in [-0.25, -0.2) is 4.79 Å². The zero-order chi connectivity index (χ0) is 11.6. The van der Waals surface area contributed by atoms with Gasteiger partial charge in [0, 0.05) is 13.0 Å². The van der Waals surface area contributed by atoms with E-state index in [4.69, 9.17) is 5.11 Å². The van der Waals surface area contributed by atoms with E-state index in [9.17, 15) is 9.59 Å². The molecule has 0 aromatic carbocycles. The first-order valence-electron chi connectivity index (χ1n) is 4.55. The van der Waals surface area contributed by atoms with Crippen molar-refractivity contribution in [1.82, 2.24) is 0 Å². The number of carboxylic acid groups (broad SMARTS) is 1. The number of rotatable bonds is 3. The summed E-state index contributed by atoms with van der Waals surface area (Å²) in [6.45, 7) is 5.14. The van der Waals surface area contributed by atoms with Gasteiger partial charge in [-0.2, -0.15) is 0 Å². The number of carbonyl (C=O) groups is 2. The van der Waals surface area contributed by atoms with Crippen LogP contribution in [0.25, 0.3) is 0 Å². The molecule has 82 valence electrons. The van der Waals surface area contributed by atoms with Crippen LogP contribution < -0.4 is 4.90 Å². The van der Waals surface area contributed by atoms with E-state index in [1.807, 2.05) is 13.8 Å². The zero-order valence-corrected chi connectivity index (χ0v) is 9.67. The van der Waals surface area contributed by atoms with Crippen LogP contribution >= 0.6 is 11.3 Å². The number of carbonyl (C=O) groups excluding carboxylic acids is 1. The van der Waals surface area contributed by atoms with Gasteiger partial charge in [0.15, 0.2) is 0 Å². The minimum Gasteiger partial charge on any atom is -0.478 e. The highest BCUT2D eigenvalue weighted by Gasteiger charge is 2.22. The minimum absolute atomic E-state index is 0.0424. The first-order chi connectivity index (χ1) is 6.95. The summed E-state index contributed by atoms with van der Waals surface area (Å²) in [6, 6.07) is 1.47. The lowest BCUT2D eigenvalue weighted by molar-refractivity contribution is -0.116. The van der Waals surface area contributed by atoms with E-state index < -0.39 is 5.97 Å². The molecule has 0 atom stereocenters. The summed E-state index contributed by atoms with van der Waals surface area (Å²) in [6.07, 6.45) is 0. The number of thiophene rings is 1. The third-order valence-electron chi connectivity index (χ3n) is 1.95. The Kier molecular flexibility index (Phi) is 3.47. The summed E-state index contributed by atoms with van der Waals surface area (Å²) in [7, 11) is 0. The molecule has 5 heteroatoms. The predicted octanol–water partition coefficient (Wildman–Crippen LogP) is 2.21. The summed E-state index contributed by atoms with van der Waals surface area (Å²) < 4.78 is 0. The lowest BCUT2D eigenvalue weighted by atomic mass is 10.2. The standard InChI is InChI=1S/C10H13NO3S/c1-6(2)11(7(3)12)9-8(10(13)14)4-5-15-9/h4-6H,1-3H3,(H,13,14). The molecule has 0 bridgehead atoms. The van der Waals surface area contributed by atoms with Crippen molar-refractivity contribution in [3.05, 3.63) is 17.0 Å². The molecule has 0 fully saturated rings. The van der Waals surface area contributed by atoms with Gasteiger partial charge in [0.25, 0.3) is 0 Å². The smallest absolute Gasteiger partial charge is 0.338 e. The molecule has 4 nitrogen and oxygen atoms in total. The zero-order valence-electron chi connectivity index (χ0n) is 8.85. The minimum atomic E-state index is -1.00. The van der Waals surface area contributed by atoms with E-state index in [-0.39, 0.29) is 17.5 Å². The molecule has 1 aromatic heterocycles. The summed E-state index contributed by atoms with van der Waals surface area (Å²) in [5.74, 6) is -1.15. The molecule has 1 aromatic rings. The number of carboxylic acids is 1. The third kappa shape index (κ3) is 2.36. The van der Waals surface area contributed by atoms with Crippen molar-refractivity contribution in [2.24, 2.45) is 0 Å². The Bertz CT molecular complexity index is 384. The van der Waals surface area contributed by atoms with Gasteiger partial charge < -0.3 is 10.0 Å². The molecule has 0 saturated heterocycles. The summed E-state index contributed by atoms with van der Waals surface area (Å²) in [4.78, 5) is 23.8. The average Bonchev–Trinajstić information content (AvgIpc) is 2.51. The van der Waals surface area contributed by atoms with Crippen molar-refractivity contribution in [2.75, 3.05) is 4.90 Å². The van der Waals surface area contributed by atoms with Crippen molar-refractivity contribution >= 4 is 28.2 Å². The van der Waals surface area contributed by atoms with Gasteiger partial charge in [-0.15, -0.1) is 11.3 Å². The van der Waals surface area contributed by atoms with E-state index in [0.29, 0.717) is 5.00 Å². The molecular weight excluding hydrogens is 214 g/mol. The molecule has 1 rings (SSSR count). The lowest BCUT2D eigenvalue weighted by Crippen LogP contribution is -2.35. The van der Waals surface area contributed by atoms with Crippen LogP contribution in [0.3, 0.4) is 0 Å². The van der Waals surface area contributed by atoms with Crippen LogP contribution in [-0.4, -0.2) is 23.0 Å². The van der Waals surface area contributed by atoms with Crippen molar-refractivity contribution in [1.29, 1.82) is 0 Å². The number of nitrogens with zero attached hydrogens (tertiary/aromatic N) is 1. The fourth-order valence-electron chi connectivity index (χ4n) is 1.39. The largest absolute Gasteiger partial charge is 0.478 e. The van der Waals surface area contributed by atoms with Gasteiger partial charge in [-0.3, -0.25) is 4.79 Å². The van der Waals surface area contributed by atoms with Crippen molar-refractivity contribution in [3.8, 4) is 0 Å². The van der Waals surface area contributed by atoms with E-state index >= 15 is 0 Å². The van der Waals surface area contributed by atoms with Crippen molar-refractivity contribution < 1.29 is 14.7 Å². The Morgan fingerprint density at radius 2 is 2.07 bits per heavy atom. The topological polar surface area (TPSA) is 57.6 Å². The second-order valence-electron chi connectivity index (χ2n) is 3.43. The van der Waals surface area contributed by atoms with Crippen LogP contribution in [0.2, 0.25) is 0 Å². The lowest BCUT2D eigenvalue weighted by Gasteiger charge is -2.24. The highest BCUT2D eigenvalue weighted by Crippen LogP contribution is 2.29. The highest BCUT2D eigenvalue weighted by atomic mass is 32.1. The monoisotopic (exact) mass is 227 g/mol. The molecule has 0 unspecified atom stereocenters. The van der Waals surface area contributed by atoms with Crippen LogP contribution in [-0.2, 0) is 4.79 Å².